The summed E-state index contributed by atoms with van der Waals surface area (Å²) < 4.78 is 5.13. The number of aliphatic hydroxyl groups is 2. The van der Waals surface area contributed by atoms with E-state index in [0.29, 0.717) is 68.5 Å². The maximum absolute atomic E-state index is 13.2. The number of H-pyrrole nitrogens is 1. The number of carboxylic acid groups (broad SMARTS) is 1. The smallest absolute Gasteiger partial charge is 0.321 e. The first-order valence-electron chi connectivity index (χ1n) is 14.8. The van der Waals surface area contributed by atoms with Crippen molar-refractivity contribution < 1.29 is 29.6 Å². The van der Waals surface area contributed by atoms with Crippen molar-refractivity contribution in [2.45, 2.75) is 47.0 Å². The summed E-state index contributed by atoms with van der Waals surface area (Å²) in [5, 5.41) is 33.1. The number of hydrogen-bond acceptors (Lipinski definition) is 8. The zero-order valence-corrected chi connectivity index (χ0v) is 25.8. The number of aromatic amines is 1. The molecule has 230 valence electrons. The summed E-state index contributed by atoms with van der Waals surface area (Å²) in [7, 11) is 1.26. The highest BCUT2D eigenvalue weighted by Crippen LogP contribution is 2.47. The van der Waals surface area contributed by atoms with Gasteiger partial charge < -0.3 is 25.0 Å². The SMILES string of the molecule is C=Cc1c(C)c2[nH]c1=CC1=NC(=CC3=C(C)C4=C(O)[C@H](C(=O)OC)C(=C5N=C(C=2)C(C)=C5CCC(=O)O)C4=N3)C(CC)=C1CO. The minimum absolute atomic E-state index is 0.150. The number of carbonyl (C=O) groups is 2. The number of aromatic nitrogens is 1. The summed E-state index contributed by atoms with van der Waals surface area (Å²) in [4.78, 5) is 43.2. The normalized spacial score (nSPS) is 20.4. The van der Waals surface area contributed by atoms with Crippen LogP contribution < -0.4 is 10.7 Å². The topological polar surface area (TPSA) is 157 Å². The van der Waals surface area contributed by atoms with E-state index in [9.17, 15) is 24.9 Å². The highest BCUT2D eigenvalue weighted by atomic mass is 16.5. The van der Waals surface area contributed by atoms with Gasteiger partial charge in [-0.1, -0.05) is 19.6 Å². The fraction of sp³-hybridized carbons (Fsp3) is 0.286. The summed E-state index contributed by atoms with van der Waals surface area (Å²) in [5.74, 6) is -3.01. The molecule has 1 aromatic rings. The lowest BCUT2D eigenvalue weighted by atomic mass is 9.92. The van der Waals surface area contributed by atoms with E-state index in [1.54, 1.807) is 6.08 Å². The lowest BCUT2D eigenvalue weighted by Gasteiger charge is -2.15. The zero-order valence-electron chi connectivity index (χ0n) is 25.8. The maximum atomic E-state index is 13.2. The first-order chi connectivity index (χ1) is 21.5. The second-order valence-electron chi connectivity index (χ2n) is 11.4. The van der Waals surface area contributed by atoms with E-state index in [-0.39, 0.29) is 25.2 Å². The van der Waals surface area contributed by atoms with E-state index in [1.807, 2.05) is 45.9 Å². The molecule has 4 N–H and O–H groups in total. The quantitative estimate of drug-likeness (QED) is 0.346. The number of methoxy groups -OCH3 is 1. The van der Waals surface area contributed by atoms with Crippen LogP contribution in [0.25, 0.3) is 18.2 Å². The van der Waals surface area contributed by atoms with Gasteiger partial charge in [0.2, 0.25) is 0 Å². The molecule has 45 heavy (non-hydrogen) atoms. The first kappa shape index (κ1) is 30.0. The molecule has 0 spiro atoms. The number of aliphatic imine (C=N–C) groups is 3. The van der Waals surface area contributed by atoms with Gasteiger partial charge in [0.1, 0.15) is 11.7 Å². The molecule has 0 aromatic carbocycles. The molecule has 1 aliphatic carbocycles. The molecule has 1 atom stereocenters. The Morgan fingerprint density at radius 1 is 1.02 bits per heavy atom. The van der Waals surface area contributed by atoms with Crippen molar-refractivity contribution in [1.29, 1.82) is 0 Å². The summed E-state index contributed by atoms with van der Waals surface area (Å²) in [5.41, 5.74) is 9.44. The molecule has 8 bridgehead atoms. The fourth-order valence-electron chi connectivity index (χ4n) is 6.69. The Balaban J connectivity index is 1.75. The molecule has 0 saturated heterocycles. The van der Waals surface area contributed by atoms with E-state index in [2.05, 4.69) is 11.6 Å². The Morgan fingerprint density at radius 2 is 1.76 bits per heavy atom. The van der Waals surface area contributed by atoms with E-state index in [1.165, 1.54) is 7.11 Å². The molecule has 10 heteroatoms. The number of esters is 1. The summed E-state index contributed by atoms with van der Waals surface area (Å²) in [6, 6.07) is 0. The van der Waals surface area contributed by atoms with Crippen molar-refractivity contribution in [3.8, 4) is 0 Å². The van der Waals surface area contributed by atoms with Crippen LogP contribution in [0.3, 0.4) is 0 Å². The number of nitrogens with one attached hydrogen (secondary N) is 1. The number of rotatable bonds is 7. The molecule has 10 nitrogen and oxygen atoms in total. The molecule has 0 radical (unpaired) electrons. The van der Waals surface area contributed by atoms with Crippen LogP contribution in [0.15, 0.2) is 89.5 Å². The molecular weight excluding hydrogens is 572 g/mol. The predicted octanol–water partition coefficient (Wildman–Crippen LogP) is 3.81. The summed E-state index contributed by atoms with van der Waals surface area (Å²) in [6.07, 6.45) is 8.02. The number of aliphatic carboxylic acids is 1. The highest BCUT2D eigenvalue weighted by molar-refractivity contribution is 6.27. The largest absolute Gasteiger partial charge is 0.510 e. The summed E-state index contributed by atoms with van der Waals surface area (Å²) >= 11 is 0. The average Bonchev–Trinajstić information content (AvgIpc) is 3.76. The Labute approximate surface area is 259 Å². The molecule has 6 rings (SSSR count). The van der Waals surface area contributed by atoms with E-state index in [4.69, 9.17) is 19.7 Å². The number of allylic oxidation sites excluding steroid dienone is 6. The van der Waals surface area contributed by atoms with E-state index >= 15 is 0 Å². The second-order valence-corrected chi connectivity index (χ2v) is 11.4. The van der Waals surface area contributed by atoms with Crippen molar-refractivity contribution in [2.24, 2.45) is 20.9 Å². The number of ether oxygens (including phenoxy) is 1. The Bertz CT molecular complexity index is 2050. The number of fused-ring (bicyclic) bond motifs is 5. The molecule has 1 aromatic heterocycles. The van der Waals surface area contributed by atoms with Gasteiger partial charge in [0.25, 0.3) is 0 Å². The van der Waals surface area contributed by atoms with Crippen LogP contribution in [0.2, 0.25) is 0 Å². The van der Waals surface area contributed by atoms with Crippen molar-refractivity contribution >= 4 is 47.3 Å². The number of aliphatic hydroxyl groups excluding tert-OH is 2. The van der Waals surface area contributed by atoms with Crippen molar-refractivity contribution in [3.63, 3.8) is 0 Å². The third-order valence-electron chi connectivity index (χ3n) is 9.08. The molecule has 0 amide bonds. The van der Waals surface area contributed by atoms with Gasteiger partial charge >= 0.3 is 11.9 Å². The third-order valence-corrected chi connectivity index (χ3v) is 9.08. The molecule has 0 unspecified atom stereocenters. The number of carboxylic acids is 1. The van der Waals surface area contributed by atoms with Gasteiger partial charge in [-0.05, 0) is 79.7 Å². The van der Waals surface area contributed by atoms with Crippen molar-refractivity contribution in [3.05, 3.63) is 96.3 Å². The second kappa shape index (κ2) is 11.1. The Morgan fingerprint density at radius 3 is 2.40 bits per heavy atom. The average molecular weight is 607 g/mol. The minimum Gasteiger partial charge on any atom is -0.510 e. The van der Waals surface area contributed by atoms with Gasteiger partial charge in [0.05, 0.1) is 47.9 Å². The minimum atomic E-state index is -1.18. The van der Waals surface area contributed by atoms with Gasteiger partial charge in [-0.25, -0.2) is 15.0 Å². The molecular formula is C35H34N4O6. The zero-order chi connectivity index (χ0) is 32.3. The molecule has 0 fully saturated rings. The fourth-order valence-corrected chi connectivity index (χ4v) is 6.69. The van der Waals surface area contributed by atoms with Crippen molar-refractivity contribution in [1.82, 2.24) is 4.98 Å². The number of hydrogen-bond donors (Lipinski definition) is 4. The van der Waals surface area contributed by atoms with Gasteiger partial charge in [-0.3, -0.25) is 9.59 Å². The van der Waals surface area contributed by atoms with Crippen LogP contribution in [-0.4, -0.2) is 63.1 Å². The lowest BCUT2D eigenvalue weighted by molar-refractivity contribution is -0.143. The van der Waals surface area contributed by atoms with Crippen LogP contribution in [0, 0.1) is 12.8 Å². The van der Waals surface area contributed by atoms with Crippen LogP contribution in [0.1, 0.15) is 51.2 Å². The summed E-state index contributed by atoms with van der Waals surface area (Å²) in [6.45, 7) is 11.5. The monoisotopic (exact) mass is 606 g/mol. The maximum Gasteiger partial charge on any atom is 0.321 e. The Kier molecular flexibility index (Phi) is 7.40. The lowest BCUT2D eigenvalue weighted by Crippen LogP contribution is -2.21. The van der Waals surface area contributed by atoms with Crippen LogP contribution in [0.4, 0.5) is 0 Å². The van der Waals surface area contributed by atoms with Gasteiger partial charge in [-0.15, -0.1) is 0 Å². The van der Waals surface area contributed by atoms with E-state index < -0.39 is 17.9 Å². The van der Waals surface area contributed by atoms with Gasteiger partial charge in [0.15, 0.2) is 0 Å². The van der Waals surface area contributed by atoms with Gasteiger partial charge in [0, 0.05) is 39.4 Å². The standard InChI is InChI=1S/C35H34N4O6/c1-7-18-15(3)22-11-23-16(4)20(9-10-28(41)42)32(38-23)30-31(35(44)45-6)34(43)29-17(5)24(39-33(29)30)12-26-19(8-2)21(14-40)27(37-26)13-25(18)36-22/h7,11-13,31,36,40,43H,1,8-10,14H2,2-6H3,(H,41,42)/t31-/m1/s1. The van der Waals surface area contributed by atoms with Crippen molar-refractivity contribution in [2.75, 3.05) is 13.7 Å². The first-order valence-corrected chi connectivity index (χ1v) is 14.8. The van der Waals surface area contributed by atoms with Gasteiger partial charge in [-0.2, -0.15) is 0 Å². The Hall–Kier alpha value is -5.09. The number of carbonyl (C=O) groups excluding carboxylic acids is 1. The molecule has 4 aliphatic heterocycles. The van der Waals surface area contributed by atoms with Crippen LogP contribution in [-0.2, 0) is 14.3 Å². The number of nitrogens with zero attached hydrogens (tertiary/aromatic N) is 3. The molecule has 5 aliphatic rings. The van der Waals surface area contributed by atoms with E-state index in [0.717, 1.165) is 33.0 Å². The predicted molar refractivity (Wildman–Crippen MR) is 173 cm³/mol. The van der Waals surface area contributed by atoms with Crippen LogP contribution >= 0.6 is 0 Å². The molecule has 0 saturated carbocycles. The highest BCUT2D eigenvalue weighted by Gasteiger charge is 2.47. The molecule has 5 heterocycles. The van der Waals surface area contributed by atoms with Crippen LogP contribution in [0.5, 0.6) is 0 Å². The third kappa shape index (κ3) is 4.55.